The van der Waals surface area contributed by atoms with Crippen molar-refractivity contribution in [3.63, 3.8) is 0 Å². The summed E-state index contributed by atoms with van der Waals surface area (Å²) in [6.07, 6.45) is 4.11. The predicted octanol–water partition coefficient (Wildman–Crippen LogP) is 2.97. The van der Waals surface area contributed by atoms with Gasteiger partial charge in [0.15, 0.2) is 5.16 Å². The summed E-state index contributed by atoms with van der Waals surface area (Å²) in [5, 5.41) is 0.546. The van der Waals surface area contributed by atoms with E-state index in [4.69, 9.17) is 5.73 Å². The summed E-state index contributed by atoms with van der Waals surface area (Å²) >= 11 is 1.22. The number of nitrogens with zero attached hydrogens (tertiary/aromatic N) is 2. The first-order valence-corrected chi connectivity index (χ1v) is 6.87. The smallest absolute Gasteiger partial charge is 0.192 e. The average molecular weight is 277 g/mol. The van der Waals surface area contributed by atoms with Crippen molar-refractivity contribution in [1.82, 2.24) is 9.97 Å². The standard InChI is InChI=1S/C14H16FN3S/c1-9-7-17-14(18-8-9)19-13-4-3-11(5-10(2)16)6-12(13)15/h3-4,6-8,10H,5,16H2,1-2H3. The molecule has 19 heavy (non-hydrogen) atoms. The maximum Gasteiger partial charge on any atom is 0.192 e. The number of benzene rings is 1. The molecule has 0 aliphatic rings. The molecule has 5 heteroatoms. The van der Waals surface area contributed by atoms with Crippen molar-refractivity contribution < 1.29 is 4.39 Å². The molecule has 1 heterocycles. The third-order valence-corrected chi connectivity index (χ3v) is 3.46. The first-order valence-electron chi connectivity index (χ1n) is 6.05. The molecule has 1 atom stereocenters. The summed E-state index contributed by atoms with van der Waals surface area (Å²) in [7, 11) is 0. The van der Waals surface area contributed by atoms with Crippen molar-refractivity contribution in [1.29, 1.82) is 0 Å². The molecule has 0 saturated carbocycles. The molecule has 0 bridgehead atoms. The number of halogens is 1. The van der Waals surface area contributed by atoms with Crippen LogP contribution in [-0.4, -0.2) is 16.0 Å². The SMILES string of the molecule is Cc1cnc(Sc2ccc(CC(C)N)cc2F)nc1. The maximum atomic E-state index is 13.9. The van der Waals surface area contributed by atoms with Crippen LogP contribution in [0.15, 0.2) is 40.6 Å². The molecule has 2 N–H and O–H groups in total. The minimum Gasteiger partial charge on any atom is -0.328 e. The Morgan fingerprint density at radius 1 is 1.32 bits per heavy atom. The summed E-state index contributed by atoms with van der Waals surface area (Å²) in [5.74, 6) is -0.257. The van der Waals surface area contributed by atoms with E-state index in [1.807, 2.05) is 19.9 Å². The van der Waals surface area contributed by atoms with Gasteiger partial charge in [0, 0.05) is 18.4 Å². The Balaban J connectivity index is 2.15. The third kappa shape index (κ3) is 4.01. The summed E-state index contributed by atoms with van der Waals surface area (Å²) in [6.45, 7) is 3.82. The van der Waals surface area contributed by atoms with Gasteiger partial charge in [0.05, 0.1) is 4.90 Å². The van der Waals surface area contributed by atoms with E-state index in [1.54, 1.807) is 18.5 Å². The highest BCUT2D eigenvalue weighted by Crippen LogP contribution is 2.27. The lowest BCUT2D eigenvalue weighted by atomic mass is 10.1. The number of aryl methyl sites for hydroxylation is 1. The third-order valence-electron chi connectivity index (χ3n) is 2.51. The van der Waals surface area contributed by atoms with Gasteiger partial charge in [-0.25, -0.2) is 14.4 Å². The van der Waals surface area contributed by atoms with Crippen LogP contribution in [0.4, 0.5) is 4.39 Å². The lowest BCUT2D eigenvalue weighted by molar-refractivity contribution is 0.597. The van der Waals surface area contributed by atoms with E-state index in [0.29, 0.717) is 16.5 Å². The molecule has 2 aromatic rings. The second-order valence-corrected chi connectivity index (χ2v) is 5.60. The van der Waals surface area contributed by atoms with Crippen LogP contribution < -0.4 is 5.73 Å². The molecule has 0 aliphatic carbocycles. The van der Waals surface area contributed by atoms with Crippen LogP contribution in [0.3, 0.4) is 0 Å². The van der Waals surface area contributed by atoms with Crippen LogP contribution in [0.1, 0.15) is 18.1 Å². The topological polar surface area (TPSA) is 51.8 Å². The minimum absolute atomic E-state index is 0.0262. The Bertz CT molecular complexity index is 555. The van der Waals surface area contributed by atoms with Crippen LogP contribution in [-0.2, 0) is 6.42 Å². The molecular weight excluding hydrogens is 261 g/mol. The van der Waals surface area contributed by atoms with Crippen molar-refractivity contribution in [3.05, 3.63) is 47.5 Å². The van der Waals surface area contributed by atoms with E-state index in [9.17, 15) is 4.39 Å². The number of nitrogens with two attached hydrogens (primary N) is 1. The Hall–Kier alpha value is -1.46. The van der Waals surface area contributed by atoms with Crippen LogP contribution in [0.5, 0.6) is 0 Å². The Morgan fingerprint density at radius 2 is 2.00 bits per heavy atom. The van der Waals surface area contributed by atoms with E-state index in [1.165, 1.54) is 17.8 Å². The Labute approximate surface area is 116 Å². The minimum atomic E-state index is -0.257. The molecule has 0 aliphatic heterocycles. The van der Waals surface area contributed by atoms with E-state index in [0.717, 1.165) is 11.1 Å². The summed E-state index contributed by atoms with van der Waals surface area (Å²) in [6, 6.07) is 5.20. The van der Waals surface area contributed by atoms with Crippen molar-refractivity contribution in [3.8, 4) is 0 Å². The first kappa shape index (κ1) is 14.0. The molecule has 1 aromatic heterocycles. The molecule has 3 nitrogen and oxygen atoms in total. The summed E-state index contributed by atoms with van der Waals surface area (Å²) < 4.78 is 13.9. The number of rotatable bonds is 4. The van der Waals surface area contributed by atoms with Gasteiger partial charge in [0.25, 0.3) is 0 Å². The van der Waals surface area contributed by atoms with Gasteiger partial charge in [-0.3, -0.25) is 0 Å². The first-order chi connectivity index (χ1) is 9.04. The molecule has 0 spiro atoms. The largest absolute Gasteiger partial charge is 0.328 e. The number of aromatic nitrogens is 2. The fourth-order valence-corrected chi connectivity index (χ4v) is 2.36. The van der Waals surface area contributed by atoms with Gasteiger partial charge in [-0.15, -0.1) is 0 Å². The maximum absolute atomic E-state index is 13.9. The zero-order valence-corrected chi connectivity index (χ0v) is 11.7. The molecular formula is C14H16FN3S. The molecule has 0 fully saturated rings. The quantitative estimate of drug-likeness (QED) is 0.873. The highest BCUT2D eigenvalue weighted by atomic mass is 32.2. The van der Waals surface area contributed by atoms with Crippen LogP contribution in [0.2, 0.25) is 0 Å². The Morgan fingerprint density at radius 3 is 2.58 bits per heavy atom. The molecule has 1 aromatic carbocycles. The molecule has 100 valence electrons. The molecule has 0 amide bonds. The predicted molar refractivity (Wildman–Crippen MR) is 74.6 cm³/mol. The van der Waals surface area contributed by atoms with Crippen LogP contribution >= 0.6 is 11.8 Å². The van der Waals surface area contributed by atoms with Gasteiger partial charge in [0.1, 0.15) is 5.82 Å². The van der Waals surface area contributed by atoms with Gasteiger partial charge in [0.2, 0.25) is 0 Å². The zero-order valence-electron chi connectivity index (χ0n) is 10.9. The lowest BCUT2D eigenvalue weighted by Crippen LogP contribution is -2.17. The van der Waals surface area contributed by atoms with E-state index < -0.39 is 0 Å². The Kier molecular flexibility index (Phi) is 4.50. The fourth-order valence-electron chi connectivity index (χ4n) is 1.66. The molecule has 1 unspecified atom stereocenters. The van der Waals surface area contributed by atoms with Crippen molar-refractivity contribution in [2.24, 2.45) is 5.73 Å². The fraction of sp³-hybridized carbons (Fsp3) is 0.286. The molecule has 0 radical (unpaired) electrons. The van der Waals surface area contributed by atoms with Crippen molar-refractivity contribution in [2.45, 2.75) is 36.4 Å². The lowest BCUT2D eigenvalue weighted by Gasteiger charge is -2.07. The molecule has 0 saturated heterocycles. The highest BCUT2D eigenvalue weighted by molar-refractivity contribution is 7.99. The van der Waals surface area contributed by atoms with Gasteiger partial charge in [-0.05, 0) is 55.3 Å². The van der Waals surface area contributed by atoms with E-state index >= 15 is 0 Å². The second-order valence-electron chi connectivity index (χ2n) is 4.59. The van der Waals surface area contributed by atoms with Gasteiger partial charge >= 0.3 is 0 Å². The van der Waals surface area contributed by atoms with Crippen LogP contribution in [0.25, 0.3) is 0 Å². The van der Waals surface area contributed by atoms with Crippen molar-refractivity contribution in [2.75, 3.05) is 0 Å². The van der Waals surface area contributed by atoms with Gasteiger partial charge in [-0.1, -0.05) is 6.07 Å². The second kappa shape index (κ2) is 6.12. The summed E-state index contributed by atoms with van der Waals surface area (Å²) in [4.78, 5) is 8.83. The highest BCUT2D eigenvalue weighted by Gasteiger charge is 2.08. The zero-order chi connectivity index (χ0) is 13.8. The normalized spacial score (nSPS) is 12.4. The van der Waals surface area contributed by atoms with Gasteiger partial charge in [-0.2, -0.15) is 0 Å². The number of hydrogen-bond acceptors (Lipinski definition) is 4. The van der Waals surface area contributed by atoms with E-state index in [-0.39, 0.29) is 11.9 Å². The average Bonchev–Trinajstić information content (AvgIpc) is 2.34. The van der Waals surface area contributed by atoms with E-state index in [2.05, 4.69) is 9.97 Å². The molecule has 2 rings (SSSR count). The van der Waals surface area contributed by atoms with Crippen molar-refractivity contribution >= 4 is 11.8 Å². The monoisotopic (exact) mass is 277 g/mol. The van der Waals surface area contributed by atoms with Crippen LogP contribution in [0, 0.1) is 12.7 Å². The number of hydrogen-bond donors (Lipinski definition) is 1. The summed E-state index contributed by atoms with van der Waals surface area (Å²) in [5.41, 5.74) is 7.59. The van der Waals surface area contributed by atoms with Gasteiger partial charge < -0.3 is 5.73 Å².